The highest BCUT2D eigenvalue weighted by Crippen LogP contribution is 2.42. The minimum Gasteiger partial charge on any atom is -0.476 e. The second-order valence-corrected chi connectivity index (χ2v) is 12.2. The van der Waals surface area contributed by atoms with Crippen LogP contribution in [0.1, 0.15) is 60.8 Å². The lowest BCUT2D eigenvalue weighted by molar-refractivity contribution is -0.133. The van der Waals surface area contributed by atoms with E-state index in [2.05, 4.69) is 24.5 Å². The van der Waals surface area contributed by atoms with Crippen LogP contribution < -0.4 is 25.2 Å². The first kappa shape index (κ1) is 31.3. The molecule has 4 rings (SSSR count). The summed E-state index contributed by atoms with van der Waals surface area (Å²) < 4.78 is 17.2. The van der Waals surface area contributed by atoms with Gasteiger partial charge in [-0.3, -0.25) is 14.4 Å². The van der Waals surface area contributed by atoms with E-state index in [0.717, 1.165) is 18.5 Å². The number of amides is 3. The van der Waals surface area contributed by atoms with Crippen LogP contribution in [0.2, 0.25) is 0 Å². The Balaban J connectivity index is 1.52. The standard InChI is InChI=1S/C31H48N4O6/c1-7-39-14-13-34-26-16-24(11-12-27(26)41-31(5,6)30(34)38)35(23-9-10-23)29(37)22-15-21(17-32-18-22)28(36)33-25(20(3)4)19-40-8-2/h11-12,16,20-23,25,32H,7-10,13-15,17-19H2,1-6H3,(H,33,36)/t21-,22+,25?/m0/s1. The Bertz CT molecular complexity index is 1090. The first-order valence-electron chi connectivity index (χ1n) is 15.2. The van der Waals surface area contributed by atoms with E-state index in [1.54, 1.807) is 18.7 Å². The maximum absolute atomic E-state index is 14.1. The van der Waals surface area contributed by atoms with E-state index < -0.39 is 5.60 Å². The second kappa shape index (κ2) is 13.5. The average molecular weight is 573 g/mol. The number of hydrogen-bond acceptors (Lipinski definition) is 7. The number of benzene rings is 1. The van der Waals surface area contributed by atoms with Gasteiger partial charge < -0.3 is 34.6 Å². The molecule has 0 radical (unpaired) electrons. The van der Waals surface area contributed by atoms with Crippen molar-refractivity contribution in [3.05, 3.63) is 18.2 Å². The van der Waals surface area contributed by atoms with Gasteiger partial charge in [-0.2, -0.15) is 0 Å². The predicted molar refractivity (Wildman–Crippen MR) is 158 cm³/mol. The molecule has 228 valence electrons. The van der Waals surface area contributed by atoms with Crippen LogP contribution in [0.25, 0.3) is 0 Å². The maximum Gasteiger partial charge on any atom is 0.270 e. The number of carbonyl (C=O) groups excluding carboxylic acids is 3. The van der Waals surface area contributed by atoms with Crippen molar-refractivity contribution in [1.29, 1.82) is 0 Å². The van der Waals surface area contributed by atoms with Crippen molar-refractivity contribution in [3.8, 4) is 5.75 Å². The van der Waals surface area contributed by atoms with E-state index in [1.165, 1.54) is 0 Å². The Morgan fingerprint density at radius 3 is 2.51 bits per heavy atom. The van der Waals surface area contributed by atoms with Crippen LogP contribution in [-0.2, 0) is 23.9 Å². The minimum absolute atomic E-state index is 0.0106. The zero-order valence-corrected chi connectivity index (χ0v) is 25.5. The Morgan fingerprint density at radius 2 is 1.85 bits per heavy atom. The van der Waals surface area contributed by atoms with E-state index in [4.69, 9.17) is 14.2 Å². The van der Waals surface area contributed by atoms with Crippen LogP contribution in [0.5, 0.6) is 5.75 Å². The van der Waals surface area contributed by atoms with E-state index in [0.29, 0.717) is 63.9 Å². The molecule has 2 heterocycles. The van der Waals surface area contributed by atoms with Gasteiger partial charge in [0.1, 0.15) is 5.75 Å². The van der Waals surface area contributed by atoms with Gasteiger partial charge in [-0.15, -0.1) is 0 Å². The summed E-state index contributed by atoms with van der Waals surface area (Å²) in [5.41, 5.74) is 0.405. The molecule has 1 saturated carbocycles. The van der Waals surface area contributed by atoms with Crippen LogP contribution in [0.3, 0.4) is 0 Å². The predicted octanol–water partition coefficient (Wildman–Crippen LogP) is 3.13. The first-order valence-corrected chi connectivity index (χ1v) is 15.2. The van der Waals surface area contributed by atoms with Crippen molar-refractivity contribution >= 4 is 29.1 Å². The van der Waals surface area contributed by atoms with Crippen LogP contribution in [-0.4, -0.2) is 81.5 Å². The van der Waals surface area contributed by atoms with Crippen molar-refractivity contribution in [1.82, 2.24) is 10.6 Å². The number of fused-ring (bicyclic) bond motifs is 1. The smallest absolute Gasteiger partial charge is 0.270 e. The summed E-state index contributed by atoms with van der Waals surface area (Å²) in [5.74, 6) is 0.0587. The fraction of sp³-hybridized carbons (Fsp3) is 0.710. The molecule has 10 heteroatoms. The maximum atomic E-state index is 14.1. The zero-order chi connectivity index (χ0) is 29.7. The molecule has 0 bridgehead atoms. The number of carbonyl (C=O) groups is 3. The molecule has 1 aromatic carbocycles. The molecule has 2 fully saturated rings. The topological polar surface area (TPSA) is 109 Å². The van der Waals surface area contributed by atoms with Crippen molar-refractivity contribution in [2.75, 3.05) is 55.9 Å². The Kier molecular flexibility index (Phi) is 10.3. The van der Waals surface area contributed by atoms with Gasteiger partial charge in [0.15, 0.2) is 5.60 Å². The summed E-state index contributed by atoms with van der Waals surface area (Å²) in [6.45, 7) is 15.1. The van der Waals surface area contributed by atoms with E-state index >= 15 is 0 Å². The van der Waals surface area contributed by atoms with Gasteiger partial charge in [-0.1, -0.05) is 13.8 Å². The van der Waals surface area contributed by atoms with Crippen molar-refractivity contribution < 1.29 is 28.6 Å². The van der Waals surface area contributed by atoms with Crippen LogP contribution >= 0.6 is 0 Å². The highest BCUT2D eigenvalue weighted by atomic mass is 16.5. The Hall–Kier alpha value is -2.69. The van der Waals surface area contributed by atoms with E-state index in [-0.39, 0.29) is 47.6 Å². The number of nitrogens with one attached hydrogen (secondary N) is 2. The van der Waals surface area contributed by atoms with Crippen molar-refractivity contribution in [3.63, 3.8) is 0 Å². The van der Waals surface area contributed by atoms with Gasteiger partial charge in [0, 0.05) is 44.6 Å². The van der Waals surface area contributed by atoms with Gasteiger partial charge in [-0.05, 0) is 71.1 Å². The normalized spacial score (nSPS) is 22.6. The molecule has 0 spiro atoms. The van der Waals surface area contributed by atoms with Gasteiger partial charge in [-0.25, -0.2) is 0 Å². The van der Waals surface area contributed by atoms with Crippen molar-refractivity contribution in [2.45, 2.75) is 78.5 Å². The number of rotatable bonds is 13. The molecule has 3 atom stereocenters. The first-order chi connectivity index (χ1) is 19.6. The molecule has 1 saturated heterocycles. The lowest BCUT2D eigenvalue weighted by Gasteiger charge is -2.39. The van der Waals surface area contributed by atoms with Gasteiger partial charge >= 0.3 is 0 Å². The average Bonchev–Trinajstić information content (AvgIpc) is 3.78. The quantitative estimate of drug-likeness (QED) is 0.350. The zero-order valence-electron chi connectivity index (χ0n) is 25.5. The Morgan fingerprint density at radius 1 is 1.15 bits per heavy atom. The fourth-order valence-electron chi connectivity index (χ4n) is 5.55. The SMILES string of the molecule is CCOCCN1C(=O)C(C)(C)Oc2ccc(N(C(=O)[C@H]3CNC[C@@H](C(=O)NC(COCC)C(C)C)C3)C3CC3)cc21. The number of hydrogen-bond donors (Lipinski definition) is 2. The molecular weight excluding hydrogens is 524 g/mol. The molecule has 1 unspecified atom stereocenters. The molecule has 3 aliphatic rings. The number of piperidine rings is 1. The van der Waals surface area contributed by atoms with Gasteiger partial charge in [0.25, 0.3) is 5.91 Å². The molecular formula is C31H48N4O6. The summed E-state index contributed by atoms with van der Waals surface area (Å²) >= 11 is 0. The highest BCUT2D eigenvalue weighted by Gasteiger charge is 2.43. The van der Waals surface area contributed by atoms with E-state index in [1.807, 2.05) is 36.9 Å². The lowest BCUT2D eigenvalue weighted by atomic mass is 9.88. The summed E-state index contributed by atoms with van der Waals surface area (Å²) in [6.07, 6.45) is 2.34. The molecule has 3 amide bonds. The largest absolute Gasteiger partial charge is 0.476 e. The summed E-state index contributed by atoms with van der Waals surface area (Å²) in [6, 6.07) is 5.70. The molecule has 2 aliphatic heterocycles. The van der Waals surface area contributed by atoms with Crippen LogP contribution in [0.4, 0.5) is 11.4 Å². The van der Waals surface area contributed by atoms with E-state index in [9.17, 15) is 14.4 Å². The highest BCUT2D eigenvalue weighted by molar-refractivity contribution is 6.04. The lowest BCUT2D eigenvalue weighted by Crippen LogP contribution is -2.53. The monoisotopic (exact) mass is 572 g/mol. The van der Waals surface area contributed by atoms with Crippen LogP contribution in [0.15, 0.2) is 18.2 Å². The van der Waals surface area contributed by atoms with Crippen molar-refractivity contribution in [2.24, 2.45) is 17.8 Å². The number of anilines is 2. The molecule has 1 aliphatic carbocycles. The molecule has 41 heavy (non-hydrogen) atoms. The number of nitrogens with zero attached hydrogens (tertiary/aromatic N) is 2. The Labute approximate surface area is 244 Å². The third-order valence-corrected chi connectivity index (χ3v) is 8.15. The van der Waals surface area contributed by atoms with Crippen LogP contribution in [0, 0.1) is 17.8 Å². The summed E-state index contributed by atoms with van der Waals surface area (Å²) in [4.78, 5) is 44.2. The third kappa shape index (κ3) is 7.40. The minimum atomic E-state index is -0.993. The number of ether oxygens (including phenoxy) is 3. The van der Waals surface area contributed by atoms with Gasteiger partial charge in [0.05, 0.1) is 36.8 Å². The third-order valence-electron chi connectivity index (χ3n) is 8.15. The fourth-order valence-corrected chi connectivity index (χ4v) is 5.55. The summed E-state index contributed by atoms with van der Waals surface area (Å²) in [5, 5.41) is 6.49. The molecule has 1 aromatic rings. The van der Waals surface area contributed by atoms with Gasteiger partial charge in [0.2, 0.25) is 11.8 Å². The summed E-state index contributed by atoms with van der Waals surface area (Å²) in [7, 11) is 0. The molecule has 10 nitrogen and oxygen atoms in total. The molecule has 0 aromatic heterocycles. The molecule has 2 N–H and O–H groups in total. The second-order valence-electron chi connectivity index (χ2n) is 12.2.